The van der Waals surface area contributed by atoms with Gasteiger partial charge in [-0.3, -0.25) is 14.6 Å². The predicted octanol–water partition coefficient (Wildman–Crippen LogP) is 2.48. The lowest BCUT2D eigenvalue weighted by atomic mass is 9.95. The number of hydrogen-bond acceptors (Lipinski definition) is 3. The topological polar surface area (TPSA) is 59.1 Å². The van der Waals surface area contributed by atoms with Crippen LogP contribution in [0.4, 0.5) is 0 Å². The first kappa shape index (κ1) is 13.2. The lowest BCUT2D eigenvalue weighted by Crippen LogP contribution is -2.40. The summed E-state index contributed by atoms with van der Waals surface area (Å²) in [6.07, 6.45) is 8.39. The highest BCUT2D eigenvalue weighted by molar-refractivity contribution is 9.10. The average molecular weight is 311 g/mol. The van der Waals surface area contributed by atoms with Crippen molar-refractivity contribution < 1.29 is 9.59 Å². The van der Waals surface area contributed by atoms with Crippen LogP contribution in [-0.2, 0) is 4.79 Å². The number of carbonyl (C=O) groups is 2. The second-order valence-corrected chi connectivity index (χ2v) is 5.45. The summed E-state index contributed by atoms with van der Waals surface area (Å²) in [4.78, 5) is 27.6. The minimum Gasteiger partial charge on any atom is -0.346 e. The smallest absolute Gasteiger partial charge is 0.292 e. The van der Waals surface area contributed by atoms with Gasteiger partial charge in [0.05, 0.1) is 0 Å². The van der Waals surface area contributed by atoms with E-state index in [-0.39, 0.29) is 6.04 Å². The van der Waals surface area contributed by atoms with Gasteiger partial charge in [-0.15, -0.1) is 0 Å². The van der Waals surface area contributed by atoms with Crippen LogP contribution in [0.3, 0.4) is 0 Å². The van der Waals surface area contributed by atoms with E-state index in [1.165, 1.54) is 12.6 Å². The summed E-state index contributed by atoms with van der Waals surface area (Å²) in [5.41, 5.74) is 0.317. The van der Waals surface area contributed by atoms with Crippen LogP contribution in [0.2, 0.25) is 0 Å². The van der Waals surface area contributed by atoms with Crippen LogP contribution in [0, 0.1) is 0 Å². The summed E-state index contributed by atoms with van der Waals surface area (Å²) >= 11 is 3.23. The third-order valence-electron chi connectivity index (χ3n) is 3.11. The molecule has 4 nitrogen and oxygen atoms in total. The first-order valence-corrected chi connectivity index (χ1v) is 6.92. The molecule has 1 aromatic heterocycles. The molecule has 0 atom stereocenters. The van der Waals surface area contributed by atoms with Crippen LogP contribution in [0.25, 0.3) is 0 Å². The molecule has 0 unspecified atom stereocenters. The normalized spacial score (nSPS) is 16.3. The molecule has 1 aromatic rings. The maximum atomic E-state index is 11.9. The summed E-state index contributed by atoms with van der Waals surface area (Å²) < 4.78 is 0.693. The zero-order valence-electron chi connectivity index (χ0n) is 9.99. The molecule has 1 fully saturated rings. The van der Waals surface area contributed by atoms with Crippen molar-refractivity contribution in [2.45, 2.75) is 38.1 Å². The van der Waals surface area contributed by atoms with E-state index >= 15 is 0 Å². The summed E-state index contributed by atoms with van der Waals surface area (Å²) in [5.74, 6) is -1.05. The van der Waals surface area contributed by atoms with Crippen molar-refractivity contribution in [3.8, 4) is 0 Å². The molecule has 1 heterocycles. The van der Waals surface area contributed by atoms with Crippen molar-refractivity contribution >= 4 is 27.6 Å². The zero-order valence-corrected chi connectivity index (χ0v) is 11.6. The molecule has 1 aliphatic carbocycles. The Hall–Kier alpha value is -1.23. The van der Waals surface area contributed by atoms with E-state index in [9.17, 15) is 9.59 Å². The minimum atomic E-state index is -0.526. The van der Waals surface area contributed by atoms with E-state index in [0.29, 0.717) is 10.0 Å². The molecule has 96 valence electrons. The monoisotopic (exact) mass is 310 g/mol. The maximum absolute atomic E-state index is 11.9. The first-order valence-electron chi connectivity index (χ1n) is 6.12. The van der Waals surface area contributed by atoms with Crippen LogP contribution in [-0.4, -0.2) is 22.7 Å². The first-order chi connectivity index (χ1) is 8.66. The largest absolute Gasteiger partial charge is 0.346 e. The Bertz CT molecular complexity index is 456. The number of nitrogens with one attached hydrogen (secondary N) is 1. The van der Waals surface area contributed by atoms with E-state index in [0.717, 1.165) is 25.7 Å². The second-order valence-electron chi connectivity index (χ2n) is 4.53. The molecule has 0 bridgehead atoms. The quantitative estimate of drug-likeness (QED) is 0.689. The van der Waals surface area contributed by atoms with Gasteiger partial charge in [0.15, 0.2) is 0 Å². The molecule has 0 radical (unpaired) electrons. The third-order valence-corrected chi connectivity index (χ3v) is 3.55. The number of amides is 1. The van der Waals surface area contributed by atoms with Crippen molar-refractivity contribution in [1.29, 1.82) is 0 Å². The Morgan fingerprint density at radius 1 is 1.22 bits per heavy atom. The van der Waals surface area contributed by atoms with Gasteiger partial charge < -0.3 is 5.32 Å². The van der Waals surface area contributed by atoms with Crippen LogP contribution >= 0.6 is 15.9 Å². The highest BCUT2D eigenvalue weighted by Gasteiger charge is 2.21. The predicted molar refractivity (Wildman–Crippen MR) is 71.3 cm³/mol. The second kappa shape index (κ2) is 6.09. The van der Waals surface area contributed by atoms with Crippen LogP contribution in [0.5, 0.6) is 0 Å². The van der Waals surface area contributed by atoms with Gasteiger partial charge in [-0.2, -0.15) is 0 Å². The van der Waals surface area contributed by atoms with Crippen LogP contribution < -0.4 is 5.32 Å². The molecule has 0 saturated heterocycles. The molecule has 1 amide bonds. The van der Waals surface area contributed by atoms with E-state index in [1.807, 2.05) is 0 Å². The van der Waals surface area contributed by atoms with E-state index < -0.39 is 11.7 Å². The van der Waals surface area contributed by atoms with E-state index in [1.54, 1.807) is 12.3 Å². The van der Waals surface area contributed by atoms with Gasteiger partial charge in [-0.05, 0) is 34.8 Å². The maximum Gasteiger partial charge on any atom is 0.292 e. The number of rotatable bonds is 3. The fourth-order valence-corrected chi connectivity index (χ4v) is 2.53. The van der Waals surface area contributed by atoms with Crippen molar-refractivity contribution in [3.05, 3.63) is 28.5 Å². The third kappa shape index (κ3) is 3.38. The fraction of sp³-hybridized carbons (Fsp3) is 0.462. The number of halogens is 1. The highest BCUT2D eigenvalue weighted by atomic mass is 79.9. The van der Waals surface area contributed by atoms with Gasteiger partial charge in [0, 0.05) is 28.5 Å². The Balaban J connectivity index is 1.98. The summed E-state index contributed by atoms with van der Waals surface area (Å²) in [5, 5.41) is 2.81. The van der Waals surface area contributed by atoms with Gasteiger partial charge in [0.2, 0.25) is 0 Å². The molecule has 5 heteroatoms. The molecule has 18 heavy (non-hydrogen) atoms. The molecular formula is C13H15BrN2O2. The SMILES string of the molecule is O=C(NC1CCCCC1)C(=O)c1cncc(Br)c1. The number of nitrogens with zero attached hydrogens (tertiary/aromatic N) is 1. The van der Waals surface area contributed by atoms with Gasteiger partial charge in [0.1, 0.15) is 0 Å². The lowest BCUT2D eigenvalue weighted by Gasteiger charge is -2.22. The lowest BCUT2D eigenvalue weighted by molar-refractivity contribution is -0.117. The Morgan fingerprint density at radius 2 is 1.94 bits per heavy atom. The molecule has 1 aliphatic rings. The molecule has 1 saturated carbocycles. The van der Waals surface area contributed by atoms with Crippen LogP contribution in [0.15, 0.2) is 22.9 Å². The minimum absolute atomic E-state index is 0.148. The van der Waals surface area contributed by atoms with Crippen molar-refractivity contribution in [1.82, 2.24) is 10.3 Å². The number of aromatic nitrogens is 1. The highest BCUT2D eigenvalue weighted by Crippen LogP contribution is 2.17. The van der Waals surface area contributed by atoms with Crippen molar-refractivity contribution in [2.75, 3.05) is 0 Å². The molecular weight excluding hydrogens is 296 g/mol. The van der Waals surface area contributed by atoms with Crippen LogP contribution in [0.1, 0.15) is 42.5 Å². The van der Waals surface area contributed by atoms with Gasteiger partial charge in [-0.25, -0.2) is 0 Å². The number of hydrogen-bond donors (Lipinski definition) is 1. The summed E-state index contributed by atoms with van der Waals surface area (Å²) in [7, 11) is 0. The Labute approximate surface area is 114 Å². The molecule has 0 spiro atoms. The number of pyridine rings is 1. The molecule has 2 rings (SSSR count). The zero-order chi connectivity index (χ0) is 13.0. The molecule has 1 N–H and O–H groups in total. The van der Waals surface area contributed by atoms with Gasteiger partial charge in [-0.1, -0.05) is 19.3 Å². The summed E-state index contributed by atoms with van der Waals surface area (Å²) in [6.45, 7) is 0. The number of carbonyl (C=O) groups excluding carboxylic acids is 2. The number of Topliss-reactive ketones (excluding diaryl/α,β-unsaturated/α-hetero) is 1. The van der Waals surface area contributed by atoms with Gasteiger partial charge in [0.25, 0.3) is 11.7 Å². The Morgan fingerprint density at radius 3 is 2.61 bits per heavy atom. The van der Waals surface area contributed by atoms with Crippen molar-refractivity contribution in [2.24, 2.45) is 0 Å². The van der Waals surface area contributed by atoms with Gasteiger partial charge >= 0.3 is 0 Å². The molecule has 0 aliphatic heterocycles. The number of ketones is 1. The Kier molecular flexibility index (Phi) is 4.47. The fourth-order valence-electron chi connectivity index (χ4n) is 2.17. The summed E-state index contributed by atoms with van der Waals surface area (Å²) in [6, 6.07) is 1.76. The standard InChI is InChI=1S/C13H15BrN2O2/c14-10-6-9(7-15-8-10)12(17)13(18)16-11-4-2-1-3-5-11/h6-8,11H,1-5H2,(H,16,18). The van der Waals surface area contributed by atoms with Crippen molar-refractivity contribution in [3.63, 3.8) is 0 Å². The molecule has 0 aromatic carbocycles. The van der Waals surface area contributed by atoms with E-state index in [2.05, 4.69) is 26.2 Å². The average Bonchev–Trinajstić information content (AvgIpc) is 2.39. The van der Waals surface area contributed by atoms with E-state index in [4.69, 9.17) is 0 Å².